The minimum Gasteiger partial charge on any atom is -0.468 e. The number of hydrogen-bond acceptors (Lipinski definition) is 4. The third-order valence-electron chi connectivity index (χ3n) is 2.62. The lowest BCUT2D eigenvalue weighted by Crippen LogP contribution is -2.43. The normalized spacial score (nSPS) is 19.2. The van der Waals surface area contributed by atoms with Crippen LogP contribution in [0.4, 0.5) is 0 Å². The maximum Gasteiger partial charge on any atom is 0.318 e. The van der Waals surface area contributed by atoms with Crippen molar-refractivity contribution in [2.24, 2.45) is 0 Å². The Hall–Kier alpha value is -0.900. The quantitative estimate of drug-likeness (QED) is 0.678. The number of hydrogen-bond donors (Lipinski definition) is 0. The van der Waals surface area contributed by atoms with Gasteiger partial charge in [0.15, 0.2) is 0 Å². The summed E-state index contributed by atoms with van der Waals surface area (Å²) in [6.45, 7) is 0. The maximum absolute atomic E-state index is 11.6. The molecule has 1 aliphatic rings. The van der Waals surface area contributed by atoms with Gasteiger partial charge in [0.2, 0.25) is 0 Å². The Morgan fingerprint density at radius 3 is 2.85 bits per heavy atom. The number of ether oxygens (including phenoxy) is 1. The second-order valence-electron chi connectivity index (χ2n) is 3.26. The van der Waals surface area contributed by atoms with Crippen LogP contribution in [0.25, 0.3) is 0 Å². The molecule has 1 aromatic rings. The van der Waals surface area contributed by atoms with Crippen molar-refractivity contribution in [1.29, 1.82) is 0 Å². The van der Waals surface area contributed by atoms with Crippen molar-refractivity contribution in [3.8, 4) is 0 Å². The minimum atomic E-state index is -0.400. The van der Waals surface area contributed by atoms with E-state index in [0.717, 1.165) is 24.3 Å². The van der Waals surface area contributed by atoms with Gasteiger partial charge in [-0.2, -0.15) is 0 Å². The zero-order chi connectivity index (χ0) is 9.31. The van der Waals surface area contributed by atoms with Crippen LogP contribution in [0.15, 0.2) is 11.6 Å². The van der Waals surface area contributed by atoms with Gasteiger partial charge in [-0.15, -0.1) is 11.3 Å². The van der Waals surface area contributed by atoms with Crippen LogP contribution < -0.4 is 0 Å². The van der Waals surface area contributed by atoms with Gasteiger partial charge in [0.1, 0.15) is 10.4 Å². The molecule has 0 spiro atoms. The SMILES string of the molecule is COC(=O)C1(c2nccs2)CCC1. The van der Waals surface area contributed by atoms with Crippen LogP contribution in [0.5, 0.6) is 0 Å². The molecule has 13 heavy (non-hydrogen) atoms. The fourth-order valence-electron chi connectivity index (χ4n) is 1.69. The minimum absolute atomic E-state index is 0.131. The summed E-state index contributed by atoms with van der Waals surface area (Å²) in [5.74, 6) is -0.131. The Morgan fingerprint density at radius 1 is 1.69 bits per heavy atom. The van der Waals surface area contributed by atoms with E-state index in [1.807, 2.05) is 5.38 Å². The number of rotatable bonds is 2. The molecule has 0 atom stereocenters. The van der Waals surface area contributed by atoms with Crippen molar-refractivity contribution >= 4 is 17.3 Å². The molecular formula is C9H11NO2S. The van der Waals surface area contributed by atoms with Crippen LogP contribution in [0.3, 0.4) is 0 Å². The van der Waals surface area contributed by atoms with Crippen molar-refractivity contribution in [2.45, 2.75) is 24.7 Å². The molecular weight excluding hydrogens is 186 g/mol. The summed E-state index contributed by atoms with van der Waals surface area (Å²) in [6.07, 6.45) is 4.60. The van der Waals surface area contributed by atoms with Gasteiger partial charge in [0.25, 0.3) is 0 Å². The van der Waals surface area contributed by atoms with E-state index in [9.17, 15) is 4.79 Å². The van der Waals surface area contributed by atoms with Crippen LogP contribution in [0.1, 0.15) is 24.3 Å². The third kappa shape index (κ3) is 1.16. The van der Waals surface area contributed by atoms with E-state index >= 15 is 0 Å². The van der Waals surface area contributed by atoms with E-state index in [1.165, 1.54) is 18.4 Å². The standard InChI is InChI=1S/C9H11NO2S/c1-12-8(11)9(3-2-4-9)7-10-5-6-13-7/h5-6H,2-4H2,1H3. The van der Waals surface area contributed by atoms with Gasteiger partial charge in [-0.3, -0.25) is 4.79 Å². The molecule has 0 amide bonds. The molecule has 1 aliphatic carbocycles. The number of methoxy groups -OCH3 is 1. The molecule has 2 rings (SSSR count). The first kappa shape index (κ1) is 8.69. The molecule has 0 N–H and O–H groups in total. The highest BCUT2D eigenvalue weighted by atomic mass is 32.1. The first-order chi connectivity index (χ1) is 6.29. The van der Waals surface area contributed by atoms with Gasteiger partial charge >= 0.3 is 5.97 Å². The van der Waals surface area contributed by atoms with Gasteiger partial charge in [-0.25, -0.2) is 4.98 Å². The number of carbonyl (C=O) groups is 1. The Balaban J connectivity index is 2.31. The number of nitrogens with zero attached hydrogens (tertiary/aromatic N) is 1. The Labute approximate surface area is 80.8 Å². The second-order valence-corrected chi connectivity index (χ2v) is 4.16. The molecule has 1 fully saturated rings. The molecule has 1 heterocycles. The second kappa shape index (κ2) is 3.10. The zero-order valence-corrected chi connectivity index (χ0v) is 8.26. The van der Waals surface area contributed by atoms with Crippen LogP contribution in [-0.4, -0.2) is 18.1 Å². The summed E-state index contributed by atoms with van der Waals surface area (Å²) < 4.78 is 4.81. The number of carbonyl (C=O) groups excluding carboxylic acids is 1. The molecule has 0 saturated heterocycles. The van der Waals surface area contributed by atoms with Crippen molar-refractivity contribution in [3.05, 3.63) is 16.6 Å². The van der Waals surface area contributed by atoms with E-state index in [2.05, 4.69) is 4.98 Å². The van der Waals surface area contributed by atoms with Crippen LogP contribution >= 0.6 is 11.3 Å². The van der Waals surface area contributed by atoms with Crippen molar-refractivity contribution < 1.29 is 9.53 Å². The lowest BCUT2D eigenvalue weighted by atomic mass is 9.69. The molecule has 0 unspecified atom stereocenters. The smallest absolute Gasteiger partial charge is 0.318 e. The summed E-state index contributed by atoms with van der Waals surface area (Å²) in [6, 6.07) is 0. The van der Waals surface area contributed by atoms with Crippen molar-refractivity contribution in [1.82, 2.24) is 4.98 Å². The van der Waals surface area contributed by atoms with Crippen molar-refractivity contribution in [3.63, 3.8) is 0 Å². The predicted molar refractivity (Wildman–Crippen MR) is 49.7 cm³/mol. The first-order valence-corrected chi connectivity index (χ1v) is 5.16. The van der Waals surface area contributed by atoms with Crippen LogP contribution in [0.2, 0.25) is 0 Å². The topological polar surface area (TPSA) is 39.2 Å². The average molecular weight is 197 g/mol. The Morgan fingerprint density at radius 2 is 2.46 bits per heavy atom. The zero-order valence-electron chi connectivity index (χ0n) is 7.45. The lowest BCUT2D eigenvalue weighted by molar-refractivity contribution is -0.151. The maximum atomic E-state index is 11.6. The van der Waals surface area contributed by atoms with E-state index in [0.29, 0.717) is 0 Å². The van der Waals surface area contributed by atoms with Gasteiger partial charge in [0.05, 0.1) is 7.11 Å². The van der Waals surface area contributed by atoms with Gasteiger partial charge in [-0.1, -0.05) is 6.42 Å². The van der Waals surface area contributed by atoms with Gasteiger partial charge < -0.3 is 4.74 Å². The molecule has 4 heteroatoms. The lowest BCUT2D eigenvalue weighted by Gasteiger charge is -2.36. The first-order valence-electron chi connectivity index (χ1n) is 4.28. The van der Waals surface area contributed by atoms with Crippen molar-refractivity contribution in [2.75, 3.05) is 7.11 Å². The van der Waals surface area contributed by atoms with Crippen LogP contribution in [0, 0.1) is 0 Å². The fraction of sp³-hybridized carbons (Fsp3) is 0.556. The third-order valence-corrected chi connectivity index (χ3v) is 3.60. The van der Waals surface area contributed by atoms with E-state index in [-0.39, 0.29) is 5.97 Å². The van der Waals surface area contributed by atoms with E-state index < -0.39 is 5.41 Å². The average Bonchev–Trinajstić information content (AvgIpc) is 2.55. The van der Waals surface area contributed by atoms with E-state index in [1.54, 1.807) is 6.20 Å². The molecule has 1 saturated carbocycles. The van der Waals surface area contributed by atoms with Gasteiger partial charge in [0, 0.05) is 11.6 Å². The number of aromatic nitrogens is 1. The molecule has 1 aromatic heterocycles. The Bertz CT molecular complexity index is 303. The highest BCUT2D eigenvalue weighted by Gasteiger charge is 2.48. The van der Waals surface area contributed by atoms with Crippen LogP contribution in [-0.2, 0) is 14.9 Å². The molecule has 0 aliphatic heterocycles. The monoisotopic (exact) mass is 197 g/mol. The van der Waals surface area contributed by atoms with E-state index in [4.69, 9.17) is 4.74 Å². The summed E-state index contributed by atoms with van der Waals surface area (Å²) in [7, 11) is 1.44. The molecule has 0 radical (unpaired) electrons. The largest absolute Gasteiger partial charge is 0.468 e. The summed E-state index contributed by atoms with van der Waals surface area (Å²) in [5.41, 5.74) is -0.400. The Kier molecular flexibility index (Phi) is 2.07. The fourth-order valence-corrected chi connectivity index (χ4v) is 2.58. The summed E-state index contributed by atoms with van der Waals surface area (Å²) in [4.78, 5) is 15.8. The number of esters is 1. The summed E-state index contributed by atoms with van der Waals surface area (Å²) >= 11 is 1.54. The highest BCUT2D eigenvalue weighted by Crippen LogP contribution is 2.45. The summed E-state index contributed by atoms with van der Waals surface area (Å²) in [5, 5.41) is 2.81. The molecule has 3 nitrogen and oxygen atoms in total. The van der Waals surface area contributed by atoms with Gasteiger partial charge in [-0.05, 0) is 12.8 Å². The molecule has 0 aromatic carbocycles. The molecule has 0 bridgehead atoms. The predicted octanol–water partition coefficient (Wildman–Crippen LogP) is 1.74. The number of thiazole rings is 1. The highest BCUT2D eigenvalue weighted by molar-refractivity contribution is 7.09. The molecule has 70 valence electrons.